The van der Waals surface area contributed by atoms with E-state index in [1.165, 1.54) is 6.21 Å². The molecule has 3 aliphatic rings. The number of carbonyl (C=O) groups excluding carboxylic acids is 1. The van der Waals surface area contributed by atoms with Crippen molar-refractivity contribution in [1.82, 2.24) is 10.0 Å². The van der Waals surface area contributed by atoms with Crippen LogP contribution in [-0.2, 0) is 33.2 Å². The summed E-state index contributed by atoms with van der Waals surface area (Å²) in [7, 11) is 0. The molecule has 0 saturated carbocycles. The number of nitrogens with zero attached hydrogens (tertiary/aromatic N) is 4. The van der Waals surface area contributed by atoms with Crippen LogP contribution in [0.15, 0.2) is 10.2 Å². The number of hydrazone groups is 2. The van der Waals surface area contributed by atoms with E-state index in [0.717, 1.165) is 13.1 Å². The van der Waals surface area contributed by atoms with E-state index < -0.39 is 68.4 Å². The highest BCUT2D eigenvalue weighted by Crippen LogP contribution is 2.26. The summed E-state index contributed by atoms with van der Waals surface area (Å²) >= 11 is 0. The van der Waals surface area contributed by atoms with E-state index in [9.17, 15) is 30.3 Å². The lowest BCUT2D eigenvalue weighted by molar-refractivity contribution is -0.315. The van der Waals surface area contributed by atoms with Gasteiger partial charge in [0.1, 0.15) is 30.5 Å². The van der Waals surface area contributed by atoms with Gasteiger partial charge in [0.25, 0.3) is 0 Å². The molecule has 8 atom stereocenters. The summed E-state index contributed by atoms with van der Waals surface area (Å²) in [6, 6.07) is 0. The molecule has 3 heterocycles. The van der Waals surface area contributed by atoms with Gasteiger partial charge in [0.05, 0.1) is 78.2 Å². The number of aliphatic hydroxyl groups excluding tert-OH is 5. The highest BCUT2D eigenvalue weighted by Gasteiger charge is 2.48. The van der Waals surface area contributed by atoms with E-state index in [0.29, 0.717) is 52.6 Å². The molecular weight excluding hydrogens is 512 g/mol. The molecule has 0 spiro atoms. The number of aliphatic hydroxyl groups is 5. The van der Waals surface area contributed by atoms with Gasteiger partial charge in [-0.2, -0.15) is 10.2 Å². The normalized spacial score (nSPS) is 31.5. The number of esters is 1. The number of carbonyl (C=O) groups is 1. The molecule has 0 aromatic carbocycles. The van der Waals surface area contributed by atoms with Gasteiger partial charge < -0.3 is 54.0 Å². The Morgan fingerprint density at radius 2 is 1.58 bits per heavy atom. The van der Waals surface area contributed by atoms with Crippen LogP contribution in [0.25, 0.3) is 0 Å². The average molecular weight is 551 g/mol. The standard InChI is InChI=1S/C22H38N4O12/c1-14(29)35-21-19(31)17(13-28)38-22(20(21)32)37-15(10-23-25-2-6-33-7-3-25)16(12-27)36-18(30)11-24-26-4-8-34-9-5-26/h10-11,15-22,27-28,30-32H,2-9,12-13H2,1H3/b23-10+,24-11-/t15-,16-,17-,18+,19+,20-,21+,22-/m1/s1. The predicted octanol–water partition coefficient (Wildman–Crippen LogP) is -3.93. The van der Waals surface area contributed by atoms with Gasteiger partial charge >= 0.3 is 5.97 Å². The van der Waals surface area contributed by atoms with Crippen LogP contribution in [0.1, 0.15) is 6.92 Å². The van der Waals surface area contributed by atoms with Crippen LogP contribution >= 0.6 is 0 Å². The van der Waals surface area contributed by atoms with Crippen molar-refractivity contribution in [2.45, 2.75) is 56.1 Å². The van der Waals surface area contributed by atoms with Crippen LogP contribution in [0.2, 0.25) is 0 Å². The van der Waals surface area contributed by atoms with Gasteiger partial charge in [0.2, 0.25) is 0 Å². The zero-order valence-corrected chi connectivity index (χ0v) is 21.2. The van der Waals surface area contributed by atoms with Crippen LogP contribution in [0.5, 0.6) is 0 Å². The van der Waals surface area contributed by atoms with Crippen molar-refractivity contribution in [3.8, 4) is 0 Å². The van der Waals surface area contributed by atoms with Crippen LogP contribution in [0.4, 0.5) is 0 Å². The van der Waals surface area contributed by atoms with Gasteiger partial charge in [0, 0.05) is 6.92 Å². The molecule has 0 aliphatic carbocycles. The lowest BCUT2D eigenvalue weighted by atomic mass is 9.99. The zero-order valence-electron chi connectivity index (χ0n) is 21.2. The molecule has 0 aromatic heterocycles. The molecule has 0 radical (unpaired) electrons. The Kier molecular flexibility index (Phi) is 12.5. The third kappa shape index (κ3) is 9.04. The SMILES string of the molecule is CC(=O)O[C@H]1[C@@H](O)[C@@H](CO)O[C@@H](O[C@H](/C=N/N2CCOCC2)[C@@H](CO)O[C@H](O)/C=N\N2CCOCC2)[C@@H]1O. The maximum absolute atomic E-state index is 11.5. The molecule has 3 rings (SSSR count). The quantitative estimate of drug-likeness (QED) is 0.0895. The van der Waals surface area contributed by atoms with Gasteiger partial charge in [-0.1, -0.05) is 0 Å². The monoisotopic (exact) mass is 550 g/mol. The largest absolute Gasteiger partial charge is 0.457 e. The fourth-order valence-electron chi connectivity index (χ4n) is 3.96. The van der Waals surface area contributed by atoms with Gasteiger partial charge in [-0.15, -0.1) is 0 Å². The lowest BCUT2D eigenvalue weighted by Crippen LogP contribution is -2.61. The minimum atomic E-state index is -1.66. The minimum absolute atomic E-state index is 0.462. The molecule has 218 valence electrons. The molecule has 0 aromatic rings. The summed E-state index contributed by atoms with van der Waals surface area (Å²) in [6.07, 6.45) is -8.91. The van der Waals surface area contributed by atoms with Gasteiger partial charge in [0.15, 0.2) is 18.7 Å². The summed E-state index contributed by atoms with van der Waals surface area (Å²) in [5.74, 6) is -0.768. The van der Waals surface area contributed by atoms with Crippen molar-refractivity contribution < 1.29 is 58.7 Å². The van der Waals surface area contributed by atoms with Crippen LogP contribution in [-0.4, -0.2) is 169 Å². The van der Waals surface area contributed by atoms with Crippen molar-refractivity contribution in [3.05, 3.63) is 0 Å². The molecule has 5 N–H and O–H groups in total. The predicted molar refractivity (Wildman–Crippen MR) is 128 cm³/mol. The maximum Gasteiger partial charge on any atom is 0.303 e. The van der Waals surface area contributed by atoms with Crippen LogP contribution in [0.3, 0.4) is 0 Å². The Bertz CT molecular complexity index is 765. The maximum atomic E-state index is 11.5. The smallest absolute Gasteiger partial charge is 0.303 e. The highest BCUT2D eigenvalue weighted by molar-refractivity contribution is 5.66. The number of morpholine rings is 2. The van der Waals surface area contributed by atoms with Crippen molar-refractivity contribution in [2.24, 2.45) is 10.2 Å². The number of rotatable bonds is 12. The summed E-state index contributed by atoms with van der Waals surface area (Å²) in [5, 5.41) is 63.1. The highest BCUT2D eigenvalue weighted by atomic mass is 16.7. The number of hydrogen-bond donors (Lipinski definition) is 5. The summed E-state index contributed by atoms with van der Waals surface area (Å²) in [6.45, 7) is 3.83. The molecule has 3 saturated heterocycles. The second kappa shape index (κ2) is 15.6. The molecule has 0 amide bonds. The Morgan fingerprint density at radius 3 is 2.11 bits per heavy atom. The van der Waals surface area contributed by atoms with Crippen LogP contribution < -0.4 is 0 Å². The Balaban J connectivity index is 1.75. The molecular formula is C22H38N4O12. The van der Waals surface area contributed by atoms with Gasteiger partial charge in [-0.05, 0) is 0 Å². The molecule has 38 heavy (non-hydrogen) atoms. The number of ether oxygens (including phenoxy) is 6. The molecule has 16 heteroatoms. The average Bonchev–Trinajstić information content (AvgIpc) is 2.93. The second-order valence-electron chi connectivity index (χ2n) is 8.79. The first-order chi connectivity index (χ1) is 18.3. The van der Waals surface area contributed by atoms with E-state index >= 15 is 0 Å². The molecule has 3 aliphatic heterocycles. The first-order valence-electron chi connectivity index (χ1n) is 12.5. The summed E-state index contributed by atoms with van der Waals surface area (Å²) in [5.41, 5.74) is 0. The van der Waals surface area contributed by atoms with Gasteiger partial charge in [-0.3, -0.25) is 14.8 Å². The third-order valence-electron chi connectivity index (χ3n) is 5.99. The third-order valence-corrected chi connectivity index (χ3v) is 5.99. The van der Waals surface area contributed by atoms with E-state index in [2.05, 4.69) is 10.2 Å². The van der Waals surface area contributed by atoms with E-state index in [1.54, 1.807) is 10.0 Å². The van der Waals surface area contributed by atoms with Gasteiger partial charge in [-0.25, -0.2) is 0 Å². The van der Waals surface area contributed by atoms with E-state index in [1.807, 2.05) is 0 Å². The second-order valence-corrected chi connectivity index (χ2v) is 8.79. The molecule has 16 nitrogen and oxygen atoms in total. The first kappa shape index (κ1) is 30.6. The lowest BCUT2D eigenvalue weighted by Gasteiger charge is -2.42. The van der Waals surface area contributed by atoms with E-state index in [-0.39, 0.29) is 0 Å². The molecule has 3 fully saturated rings. The summed E-state index contributed by atoms with van der Waals surface area (Å²) < 4.78 is 32.5. The molecule has 0 bridgehead atoms. The van der Waals surface area contributed by atoms with Crippen molar-refractivity contribution in [1.29, 1.82) is 0 Å². The zero-order chi connectivity index (χ0) is 27.5. The molecule has 0 unspecified atom stereocenters. The van der Waals surface area contributed by atoms with Crippen LogP contribution in [0, 0.1) is 0 Å². The van der Waals surface area contributed by atoms with Crippen molar-refractivity contribution in [3.63, 3.8) is 0 Å². The van der Waals surface area contributed by atoms with E-state index in [4.69, 9.17) is 28.4 Å². The number of hydrogen-bond acceptors (Lipinski definition) is 16. The first-order valence-corrected chi connectivity index (χ1v) is 12.5. The minimum Gasteiger partial charge on any atom is -0.457 e. The van der Waals surface area contributed by atoms with Crippen molar-refractivity contribution >= 4 is 18.4 Å². The Labute approximate surface area is 219 Å². The van der Waals surface area contributed by atoms with Crippen molar-refractivity contribution in [2.75, 3.05) is 65.8 Å². The summed E-state index contributed by atoms with van der Waals surface area (Å²) in [4.78, 5) is 11.5. The fourth-order valence-corrected chi connectivity index (χ4v) is 3.96. The fraction of sp³-hybridized carbons (Fsp3) is 0.864. The Morgan fingerprint density at radius 1 is 1.00 bits per heavy atom. The topological polar surface area (TPSA) is 205 Å². The Hall–Kier alpha value is -1.99.